The average Bonchev–Trinajstić information content (AvgIpc) is 2.79. The first-order chi connectivity index (χ1) is 8.81. The van der Waals surface area contributed by atoms with E-state index in [-0.39, 0.29) is 0 Å². The van der Waals surface area contributed by atoms with Gasteiger partial charge < -0.3 is 16.0 Å². The molecule has 0 aliphatic carbocycles. The summed E-state index contributed by atoms with van der Waals surface area (Å²) in [4.78, 5) is 7.68. The molecule has 1 heterocycles. The van der Waals surface area contributed by atoms with Crippen LogP contribution in [0.4, 0.5) is 11.6 Å². The summed E-state index contributed by atoms with van der Waals surface area (Å²) in [6.45, 7) is 0.699. The molecule has 0 unspecified atom stereocenters. The van der Waals surface area contributed by atoms with Crippen LogP contribution in [0.25, 0.3) is 11.0 Å². The van der Waals surface area contributed by atoms with Crippen LogP contribution in [0.3, 0.4) is 0 Å². The highest BCUT2D eigenvalue weighted by molar-refractivity contribution is 5.77. The van der Waals surface area contributed by atoms with E-state index in [0.717, 1.165) is 28.2 Å². The quantitative estimate of drug-likeness (QED) is 0.615. The van der Waals surface area contributed by atoms with Crippen LogP contribution < -0.4 is 11.1 Å². The molecule has 0 bridgehead atoms. The summed E-state index contributed by atoms with van der Waals surface area (Å²) >= 11 is 0. The van der Waals surface area contributed by atoms with Gasteiger partial charge in [0.1, 0.15) is 0 Å². The molecule has 4 nitrogen and oxygen atoms in total. The van der Waals surface area contributed by atoms with Gasteiger partial charge in [0.15, 0.2) is 0 Å². The van der Waals surface area contributed by atoms with E-state index in [4.69, 9.17) is 5.73 Å². The topological polar surface area (TPSA) is 66.7 Å². The van der Waals surface area contributed by atoms with E-state index >= 15 is 0 Å². The van der Waals surface area contributed by atoms with Gasteiger partial charge in [-0.2, -0.15) is 0 Å². The van der Waals surface area contributed by atoms with Gasteiger partial charge >= 0.3 is 0 Å². The smallest absolute Gasteiger partial charge is 0.201 e. The molecule has 0 saturated carbocycles. The molecule has 0 fully saturated rings. The number of anilines is 2. The summed E-state index contributed by atoms with van der Waals surface area (Å²) in [6, 6.07) is 15.8. The van der Waals surface area contributed by atoms with Gasteiger partial charge in [-0.15, -0.1) is 0 Å². The fraction of sp³-hybridized carbons (Fsp3) is 0.0714. The normalized spacial score (nSPS) is 10.7. The van der Waals surface area contributed by atoms with Crippen LogP contribution in [0, 0.1) is 0 Å². The Bertz CT molecular complexity index is 639. The molecule has 4 heteroatoms. The molecular formula is C14H14N4. The second-order valence-corrected chi connectivity index (χ2v) is 4.20. The number of rotatable bonds is 3. The van der Waals surface area contributed by atoms with Gasteiger partial charge in [0.2, 0.25) is 5.95 Å². The van der Waals surface area contributed by atoms with Crippen LogP contribution >= 0.6 is 0 Å². The number of H-pyrrole nitrogens is 1. The molecule has 18 heavy (non-hydrogen) atoms. The zero-order valence-corrected chi connectivity index (χ0v) is 9.85. The molecule has 3 rings (SSSR count). The van der Waals surface area contributed by atoms with Gasteiger partial charge in [-0.25, -0.2) is 4.98 Å². The Morgan fingerprint density at radius 3 is 2.83 bits per heavy atom. The summed E-state index contributed by atoms with van der Waals surface area (Å²) in [6.07, 6.45) is 0. The minimum Gasteiger partial charge on any atom is -0.399 e. The van der Waals surface area contributed by atoms with Gasteiger partial charge in [0, 0.05) is 12.2 Å². The number of nitrogen functional groups attached to an aromatic ring is 1. The molecular weight excluding hydrogens is 224 g/mol. The minimum atomic E-state index is 0.699. The van der Waals surface area contributed by atoms with E-state index in [9.17, 15) is 0 Å². The number of fused-ring (bicyclic) bond motifs is 1. The Morgan fingerprint density at radius 2 is 2.00 bits per heavy atom. The van der Waals surface area contributed by atoms with Gasteiger partial charge in [-0.1, -0.05) is 24.3 Å². The molecule has 0 spiro atoms. The molecule has 0 aliphatic heterocycles. The molecule has 0 atom stereocenters. The molecule has 3 aromatic rings. The highest BCUT2D eigenvalue weighted by atomic mass is 15.1. The van der Waals surface area contributed by atoms with Gasteiger partial charge in [-0.3, -0.25) is 0 Å². The van der Waals surface area contributed by atoms with Crippen molar-refractivity contribution >= 4 is 22.7 Å². The van der Waals surface area contributed by atoms with Gasteiger partial charge in [-0.05, 0) is 29.8 Å². The molecule has 4 N–H and O–H groups in total. The first-order valence-electron chi connectivity index (χ1n) is 5.84. The van der Waals surface area contributed by atoms with Crippen LogP contribution in [0.1, 0.15) is 5.56 Å². The number of aromatic amines is 1. The summed E-state index contributed by atoms with van der Waals surface area (Å²) < 4.78 is 0. The number of nitrogens with two attached hydrogens (primary N) is 1. The zero-order valence-electron chi connectivity index (χ0n) is 9.85. The zero-order chi connectivity index (χ0) is 12.4. The van der Waals surface area contributed by atoms with Crippen molar-refractivity contribution in [3.8, 4) is 0 Å². The highest BCUT2D eigenvalue weighted by Gasteiger charge is 2.01. The van der Waals surface area contributed by atoms with Crippen LogP contribution in [0.15, 0.2) is 48.5 Å². The van der Waals surface area contributed by atoms with Crippen molar-refractivity contribution in [2.24, 2.45) is 0 Å². The summed E-state index contributed by atoms with van der Waals surface area (Å²) in [5.41, 5.74) is 9.65. The van der Waals surface area contributed by atoms with E-state index in [1.54, 1.807) is 0 Å². The van der Waals surface area contributed by atoms with Crippen molar-refractivity contribution in [3.05, 3.63) is 54.1 Å². The molecule has 2 aromatic carbocycles. The maximum atomic E-state index is 5.74. The third kappa shape index (κ3) is 2.13. The third-order valence-electron chi connectivity index (χ3n) is 2.80. The Kier molecular flexibility index (Phi) is 2.61. The van der Waals surface area contributed by atoms with Crippen LogP contribution in [0.5, 0.6) is 0 Å². The first-order valence-corrected chi connectivity index (χ1v) is 5.84. The van der Waals surface area contributed by atoms with Gasteiger partial charge in [0.05, 0.1) is 11.0 Å². The van der Waals surface area contributed by atoms with Crippen molar-refractivity contribution in [1.82, 2.24) is 9.97 Å². The van der Waals surface area contributed by atoms with Crippen molar-refractivity contribution in [1.29, 1.82) is 0 Å². The van der Waals surface area contributed by atoms with Gasteiger partial charge in [0.25, 0.3) is 0 Å². The first kappa shape index (κ1) is 10.7. The van der Waals surface area contributed by atoms with Crippen LogP contribution in [0.2, 0.25) is 0 Å². The van der Waals surface area contributed by atoms with E-state index in [2.05, 4.69) is 15.3 Å². The second kappa shape index (κ2) is 4.41. The Labute approximate surface area is 105 Å². The SMILES string of the molecule is Nc1cccc(CNc2nc3ccccc3[nH]2)c1. The average molecular weight is 238 g/mol. The lowest BCUT2D eigenvalue weighted by atomic mass is 10.2. The lowest BCUT2D eigenvalue weighted by Crippen LogP contribution is -2.01. The van der Waals surface area contributed by atoms with E-state index < -0.39 is 0 Å². The molecule has 0 saturated heterocycles. The Balaban J connectivity index is 1.76. The summed E-state index contributed by atoms with van der Waals surface area (Å²) in [5, 5.41) is 3.26. The molecule has 0 amide bonds. The second-order valence-electron chi connectivity index (χ2n) is 4.20. The lowest BCUT2D eigenvalue weighted by molar-refractivity contribution is 1.10. The maximum absolute atomic E-state index is 5.74. The lowest BCUT2D eigenvalue weighted by Gasteiger charge is -2.03. The maximum Gasteiger partial charge on any atom is 0.201 e. The summed E-state index contributed by atoms with van der Waals surface area (Å²) in [5.74, 6) is 0.777. The van der Waals surface area contributed by atoms with Crippen molar-refractivity contribution < 1.29 is 0 Å². The van der Waals surface area contributed by atoms with E-state index in [1.807, 2.05) is 48.5 Å². The highest BCUT2D eigenvalue weighted by Crippen LogP contribution is 2.14. The Morgan fingerprint density at radius 1 is 1.11 bits per heavy atom. The molecule has 0 aliphatic rings. The number of benzene rings is 2. The van der Waals surface area contributed by atoms with Crippen molar-refractivity contribution in [3.63, 3.8) is 0 Å². The molecule has 90 valence electrons. The number of nitrogens with one attached hydrogen (secondary N) is 2. The number of hydrogen-bond acceptors (Lipinski definition) is 3. The summed E-state index contributed by atoms with van der Waals surface area (Å²) in [7, 11) is 0. The molecule has 1 aromatic heterocycles. The fourth-order valence-electron chi connectivity index (χ4n) is 1.93. The minimum absolute atomic E-state index is 0.699. The number of imidazole rings is 1. The van der Waals surface area contributed by atoms with Crippen molar-refractivity contribution in [2.75, 3.05) is 11.1 Å². The number of hydrogen-bond donors (Lipinski definition) is 3. The number of nitrogens with zero attached hydrogens (tertiary/aromatic N) is 1. The number of para-hydroxylation sites is 2. The fourth-order valence-corrected chi connectivity index (χ4v) is 1.93. The van der Waals surface area contributed by atoms with Crippen LogP contribution in [-0.2, 0) is 6.54 Å². The monoisotopic (exact) mass is 238 g/mol. The number of aromatic nitrogens is 2. The van der Waals surface area contributed by atoms with E-state index in [0.29, 0.717) is 6.54 Å². The molecule has 0 radical (unpaired) electrons. The largest absolute Gasteiger partial charge is 0.399 e. The standard InChI is InChI=1S/C14H14N4/c15-11-5-3-4-10(8-11)9-16-14-17-12-6-1-2-7-13(12)18-14/h1-8H,9,15H2,(H2,16,17,18). The van der Waals surface area contributed by atoms with Crippen molar-refractivity contribution in [2.45, 2.75) is 6.54 Å². The Hall–Kier alpha value is -2.49. The third-order valence-corrected chi connectivity index (χ3v) is 2.80. The van der Waals surface area contributed by atoms with Crippen LogP contribution in [-0.4, -0.2) is 9.97 Å². The predicted octanol–water partition coefficient (Wildman–Crippen LogP) is 2.76. The predicted molar refractivity (Wildman–Crippen MR) is 74.3 cm³/mol. The van der Waals surface area contributed by atoms with E-state index in [1.165, 1.54) is 0 Å².